The average Bonchev–Trinajstić information content (AvgIpc) is 2.01. The minimum absolute atomic E-state index is 0.0586. The lowest BCUT2D eigenvalue weighted by Gasteiger charge is -2.22. The van der Waals surface area contributed by atoms with Gasteiger partial charge >= 0.3 is 0 Å². The maximum absolute atomic E-state index is 11.2. The van der Waals surface area contributed by atoms with Crippen LogP contribution in [-0.2, 0) is 14.4 Å². The molecule has 0 atom stereocenters. The summed E-state index contributed by atoms with van der Waals surface area (Å²) in [5.41, 5.74) is -0.350. The molecular formula is C11H21NO3. The number of Topliss-reactive ketones (excluding diaryl/α,β-unsaturated/α-hetero) is 2. The van der Waals surface area contributed by atoms with E-state index in [0.29, 0.717) is 13.0 Å². The number of rotatable bonds is 7. The van der Waals surface area contributed by atoms with E-state index in [4.69, 9.17) is 4.84 Å². The predicted octanol–water partition coefficient (Wildman–Crippen LogP) is 1.44. The van der Waals surface area contributed by atoms with E-state index in [0.717, 1.165) is 0 Å². The molecule has 4 nitrogen and oxygen atoms in total. The molecule has 0 aliphatic carbocycles. The van der Waals surface area contributed by atoms with Crippen LogP contribution in [0.25, 0.3) is 0 Å². The van der Waals surface area contributed by atoms with Crippen LogP contribution >= 0.6 is 0 Å². The fourth-order valence-corrected chi connectivity index (χ4v) is 0.992. The smallest absolute Gasteiger partial charge is 0.146 e. The Morgan fingerprint density at radius 1 is 1.27 bits per heavy atom. The van der Waals surface area contributed by atoms with Crippen LogP contribution in [0.2, 0.25) is 0 Å². The van der Waals surface area contributed by atoms with Crippen LogP contribution in [-0.4, -0.2) is 36.8 Å². The second-order valence-electron chi connectivity index (χ2n) is 4.51. The van der Waals surface area contributed by atoms with Gasteiger partial charge in [0.25, 0.3) is 0 Å². The monoisotopic (exact) mass is 215 g/mol. The molecule has 15 heavy (non-hydrogen) atoms. The lowest BCUT2D eigenvalue weighted by Crippen LogP contribution is -2.29. The quantitative estimate of drug-likeness (QED) is 0.603. The summed E-state index contributed by atoms with van der Waals surface area (Å²) in [6, 6.07) is 0. The summed E-state index contributed by atoms with van der Waals surface area (Å²) in [5.74, 6) is 0.212. The third kappa shape index (κ3) is 6.36. The Morgan fingerprint density at radius 2 is 1.80 bits per heavy atom. The van der Waals surface area contributed by atoms with Gasteiger partial charge in [0, 0.05) is 12.5 Å². The second kappa shape index (κ2) is 5.98. The van der Waals surface area contributed by atoms with Gasteiger partial charge in [-0.1, -0.05) is 13.8 Å². The van der Waals surface area contributed by atoms with Crippen LogP contribution in [0.3, 0.4) is 0 Å². The Bertz CT molecular complexity index is 236. The predicted molar refractivity (Wildman–Crippen MR) is 58.3 cm³/mol. The molecule has 88 valence electrons. The van der Waals surface area contributed by atoms with Crippen LogP contribution in [0.15, 0.2) is 0 Å². The minimum atomic E-state index is -0.350. The SMILES string of the molecule is CC(=O)CN(C)OCCC(C)(C)C(C)=O. The lowest BCUT2D eigenvalue weighted by atomic mass is 9.86. The molecule has 0 bridgehead atoms. The van der Waals surface area contributed by atoms with Crippen LogP contribution in [0.5, 0.6) is 0 Å². The molecule has 0 aliphatic heterocycles. The summed E-state index contributed by atoms with van der Waals surface area (Å²) in [6.45, 7) is 7.61. The number of hydrogen-bond donors (Lipinski definition) is 0. The van der Waals surface area contributed by atoms with Crippen LogP contribution in [0, 0.1) is 5.41 Å². The number of carbonyl (C=O) groups excluding carboxylic acids is 2. The van der Waals surface area contributed by atoms with Gasteiger partial charge in [-0.25, -0.2) is 0 Å². The van der Waals surface area contributed by atoms with E-state index in [1.54, 1.807) is 14.0 Å². The first kappa shape index (κ1) is 14.3. The van der Waals surface area contributed by atoms with Crippen molar-refractivity contribution in [1.29, 1.82) is 0 Å². The number of ketones is 2. The number of carbonyl (C=O) groups is 2. The van der Waals surface area contributed by atoms with Crippen molar-refractivity contribution in [3.63, 3.8) is 0 Å². The summed E-state index contributed by atoms with van der Waals surface area (Å²) < 4.78 is 0. The van der Waals surface area contributed by atoms with Gasteiger partial charge in [-0.15, -0.1) is 0 Å². The molecule has 0 rings (SSSR count). The summed E-state index contributed by atoms with van der Waals surface area (Å²) >= 11 is 0. The van der Waals surface area contributed by atoms with Gasteiger partial charge in [-0.05, 0) is 20.3 Å². The van der Waals surface area contributed by atoms with E-state index in [-0.39, 0.29) is 23.5 Å². The van der Waals surface area contributed by atoms with Crippen LogP contribution in [0.4, 0.5) is 0 Å². The highest BCUT2D eigenvalue weighted by Crippen LogP contribution is 2.21. The average molecular weight is 215 g/mol. The molecule has 0 heterocycles. The molecule has 0 aromatic rings. The molecule has 4 heteroatoms. The van der Waals surface area contributed by atoms with Crippen molar-refractivity contribution < 1.29 is 14.4 Å². The zero-order valence-corrected chi connectivity index (χ0v) is 10.3. The normalized spacial score (nSPS) is 11.9. The summed E-state index contributed by atoms with van der Waals surface area (Å²) in [7, 11) is 1.71. The maximum Gasteiger partial charge on any atom is 0.146 e. The largest absolute Gasteiger partial charge is 0.299 e. The Morgan fingerprint density at radius 3 is 2.20 bits per heavy atom. The molecule has 0 saturated carbocycles. The van der Waals surface area contributed by atoms with Gasteiger partial charge in [0.1, 0.15) is 11.6 Å². The summed E-state index contributed by atoms with van der Waals surface area (Å²) in [6.07, 6.45) is 0.657. The molecule has 0 aromatic heterocycles. The lowest BCUT2D eigenvalue weighted by molar-refractivity contribution is -0.157. The van der Waals surface area contributed by atoms with Crippen molar-refractivity contribution in [2.75, 3.05) is 20.2 Å². The van der Waals surface area contributed by atoms with Gasteiger partial charge in [-0.2, -0.15) is 5.06 Å². The van der Waals surface area contributed by atoms with E-state index in [2.05, 4.69) is 0 Å². The number of likely N-dealkylation sites (N-methyl/N-ethyl adjacent to an activating group) is 1. The highest BCUT2D eigenvalue weighted by Gasteiger charge is 2.23. The van der Waals surface area contributed by atoms with Gasteiger partial charge in [0.15, 0.2) is 0 Å². The van der Waals surface area contributed by atoms with E-state index < -0.39 is 0 Å². The molecule has 0 radical (unpaired) electrons. The van der Waals surface area contributed by atoms with Crippen molar-refractivity contribution in [2.24, 2.45) is 5.41 Å². The molecule has 0 N–H and O–H groups in total. The van der Waals surface area contributed by atoms with E-state index >= 15 is 0 Å². The molecule has 0 unspecified atom stereocenters. The first-order valence-corrected chi connectivity index (χ1v) is 5.10. The van der Waals surface area contributed by atoms with E-state index in [1.807, 2.05) is 13.8 Å². The zero-order chi connectivity index (χ0) is 12.1. The number of nitrogens with zero attached hydrogens (tertiary/aromatic N) is 1. The Hall–Kier alpha value is -0.740. The Balaban J connectivity index is 3.79. The first-order valence-electron chi connectivity index (χ1n) is 5.10. The number of hydroxylamine groups is 2. The van der Waals surface area contributed by atoms with Crippen molar-refractivity contribution in [1.82, 2.24) is 5.06 Å². The first-order chi connectivity index (χ1) is 6.75. The van der Waals surface area contributed by atoms with Crippen LogP contribution < -0.4 is 0 Å². The fraction of sp³-hybridized carbons (Fsp3) is 0.818. The van der Waals surface area contributed by atoms with Crippen molar-refractivity contribution in [2.45, 2.75) is 34.1 Å². The van der Waals surface area contributed by atoms with Gasteiger partial charge < -0.3 is 0 Å². The Labute approximate surface area is 91.5 Å². The molecule has 0 aliphatic rings. The molecule has 0 aromatic carbocycles. The second-order valence-corrected chi connectivity index (χ2v) is 4.51. The third-order valence-electron chi connectivity index (χ3n) is 2.44. The standard InChI is InChI=1S/C11H21NO3/c1-9(13)8-12(5)15-7-6-11(3,4)10(2)14/h6-8H2,1-5H3. The maximum atomic E-state index is 11.2. The van der Waals surface area contributed by atoms with E-state index in [1.165, 1.54) is 12.0 Å². The van der Waals surface area contributed by atoms with Gasteiger partial charge in [0.2, 0.25) is 0 Å². The van der Waals surface area contributed by atoms with Crippen LogP contribution in [0.1, 0.15) is 34.1 Å². The van der Waals surface area contributed by atoms with E-state index in [9.17, 15) is 9.59 Å². The minimum Gasteiger partial charge on any atom is -0.299 e. The number of hydrogen-bond acceptors (Lipinski definition) is 4. The zero-order valence-electron chi connectivity index (χ0n) is 10.3. The highest BCUT2D eigenvalue weighted by atomic mass is 16.7. The van der Waals surface area contributed by atoms with Crippen molar-refractivity contribution >= 4 is 11.6 Å². The molecule has 0 spiro atoms. The van der Waals surface area contributed by atoms with Crippen molar-refractivity contribution in [3.8, 4) is 0 Å². The van der Waals surface area contributed by atoms with Gasteiger partial charge in [-0.3, -0.25) is 14.4 Å². The third-order valence-corrected chi connectivity index (χ3v) is 2.44. The summed E-state index contributed by atoms with van der Waals surface area (Å²) in [5, 5.41) is 1.50. The van der Waals surface area contributed by atoms with Crippen molar-refractivity contribution in [3.05, 3.63) is 0 Å². The molecule has 0 saturated heterocycles. The molecule has 0 amide bonds. The Kier molecular flexibility index (Phi) is 5.68. The molecular weight excluding hydrogens is 194 g/mol. The summed E-state index contributed by atoms with van der Waals surface area (Å²) in [4.78, 5) is 27.2. The fourth-order valence-electron chi connectivity index (χ4n) is 0.992. The highest BCUT2D eigenvalue weighted by molar-refractivity contribution is 5.81. The topological polar surface area (TPSA) is 46.6 Å². The molecule has 0 fully saturated rings. The van der Waals surface area contributed by atoms with Gasteiger partial charge in [0.05, 0.1) is 13.2 Å².